The molecular formula is C13H9ClF3NOS. The van der Waals surface area contributed by atoms with Crippen molar-refractivity contribution in [2.45, 2.75) is 16.0 Å². The molecule has 0 aliphatic carbocycles. The van der Waals surface area contributed by atoms with Gasteiger partial charge in [-0.1, -0.05) is 23.4 Å². The number of aryl methyl sites for hydroxylation is 1. The first-order valence-electron chi connectivity index (χ1n) is 5.48. The van der Waals surface area contributed by atoms with Gasteiger partial charge in [0, 0.05) is 23.2 Å². The van der Waals surface area contributed by atoms with Gasteiger partial charge in [0.15, 0.2) is 0 Å². The van der Waals surface area contributed by atoms with Crippen LogP contribution in [0.5, 0.6) is 0 Å². The highest BCUT2D eigenvalue weighted by Gasteiger charge is 2.32. The Hall–Kier alpha value is -1.40. The van der Waals surface area contributed by atoms with E-state index in [1.807, 2.05) is 0 Å². The predicted octanol–water partition coefficient (Wildman–Crippen LogP) is 4.21. The molecule has 0 saturated heterocycles. The molecule has 2 rings (SSSR count). The molecule has 0 spiro atoms. The van der Waals surface area contributed by atoms with Crippen LogP contribution < -0.4 is 5.56 Å². The van der Waals surface area contributed by atoms with Gasteiger partial charge in [-0.25, -0.2) is 0 Å². The average Bonchev–Trinajstić information content (AvgIpc) is 2.36. The molecule has 20 heavy (non-hydrogen) atoms. The van der Waals surface area contributed by atoms with Gasteiger partial charge in [0.25, 0.3) is 5.56 Å². The number of pyridine rings is 1. The Morgan fingerprint density at radius 2 is 1.80 bits per heavy atom. The summed E-state index contributed by atoms with van der Waals surface area (Å²) in [7, 11) is 1.30. The van der Waals surface area contributed by atoms with Crippen molar-refractivity contribution < 1.29 is 13.2 Å². The molecule has 0 aliphatic heterocycles. The van der Waals surface area contributed by atoms with Crippen molar-refractivity contribution in [1.82, 2.24) is 4.57 Å². The lowest BCUT2D eigenvalue weighted by atomic mass is 10.3. The highest BCUT2D eigenvalue weighted by Crippen LogP contribution is 2.32. The molecule has 2 nitrogen and oxygen atoms in total. The van der Waals surface area contributed by atoms with Gasteiger partial charge in [-0.15, -0.1) is 0 Å². The molecule has 1 heterocycles. The third-order valence-corrected chi connectivity index (χ3v) is 3.79. The van der Waals surface area contributed by atoms with Crippen molar-refractivity contribution in [3.05, 3.63) is 57.5 Å². The van der Waals surface area contributed by atoms with E-state index in [1.54, 1.807) is 24.3 Å². The second-order valence-corrected chi connectivity index (χ2v) is 5.61. The first kappa shape index (κ1) is 15.0. The van der Waals surface area contributed by atoms with Crippen LogP contribution in [0.3, 0.4) is 0 Å². The van der Waals surface area contributed by atoms with Gasteiger partial charge in [-0.05, 0) is 30.3 Å². The van der Waals surface area contributed by atoms with E-state index in [2.05, 4.69) is 0 Å². The van der Waals surface area contributed by atoms with Crippen molar-refractivity contribution in [3.63, 3.8) is 0 Å². The van der Waals surface area contributed by atoms with Crippen LogP contribution in [0.4, 0.5) is 13.2 Å². The fourth-order valence-electron chi connectivity index (χ4n) is 1.54. The minimum absolute atomic E-state index is 0.0182. The Kier molecular flexibility index (Phi) is 4.15. The number of aromatic nitrogens is 1. The monoisotopic (exact) mass is 319 g/mol. The van der Waals surface area contributed by atoms with Crippen molar-refractivity contribution >= 4 is 23.4 Å². The number of hydrogen-bond acceptors (Lipinski definition) is 2. The van der Waals surface area contributed by atoms with Gasteiger partial charge in [0.1, 0.15) is 0 Å². The third-order valence-electron chi connectivity index (χ3n) is 2.52. The van der Waals surface area contributed by atoms with Crippen LogP contribution in [0.1, 0.15) is 5.56 Å². The Morgan fingerprint density at radius 1 is 1.20 bits per heavy atom. The van der Waals surface area contributed by atoms with Gasteiger partial charge in [0.05, 0.1) is 10.5 Å². The molecule has 7 heteroatoms. The first-order chi connectivity index (χ1) is 9.27. The zero-order valence-electron chi connectivity index (χ0n) is 10.2. The SMILES string of the molecule is Cn1cc(C(F)(F)F)cc(Sc2ccc(Cl)cc2)c1=O. The molecule has 0 unspecified atom stereocenters. The van der Waals surface area contributed by atoms with Crippen LogP contribution in [0, 0.1) is 0 Å². The molecule has 0 radical (unpaired) electrons. The molecule has 0 saturated carbocycles. The summed E-state index contributed by atoms with van der Waals surface area (Å²) in [6.07, 6.45) is -3.70. The largest absolute Gasteiger partial charge is 0.417 e. The number of rotatable bonds is 2. The number of alkyl halides is 3. The lowest BCUT2D eigenvalue weighted by Gasteiger charge is -2.10. The molecule has 0 amide bonds. The molecule has 0 N–H and O–H groups in total. The van der Waals surface area contributed by atoms with E-state index in [-0.39, 0.29) is 4.90 Å². The van der Waals surface area contributed by atoms with Crippen LogP contribution in [-0.4, -0.2) is 4.57 Å². The molecule has 2 aromatic rings. The summed E-state index contributed by atoms with van der Waals surface area (Å²) in [6.45, 7) is 0. The summed E-state index contributed by atoms with van der Waals surface area (Å²) in [4.78, 5) is 12.5. The quantitative estimate of drug-likeness (QED) is 0.827. The summed E-state index contributed by atoms with van der Waals surface area (Å²) >= 11 is 6.71. The van der Waals surface area contributed by atoms with E-state index in [0.29, 0.717) is 9.92 Å². The maximum atomic E-state index is 12.7. The summed E-state index contributed by atoms with van der Waals surface area (Å²) in [5, 5.41) is 0.520. The van der Waals surface area contributed by atoms with Crippen LogP contribution in [0.15, 0.2) is 51.1 Å². The highest BCUT2D eigenvalue weighted by atomic mass is 35.5. The normalized spacial score (nSPS) is 11.7. The maximum Gasteiger partial charge on any atom is 0.417 e. The average molecular weight is 320 g/mol. The summed E-state index contributed by atoms with van der Waals surface area (Å²) in [6, 6.07) is 7.38. The Labute approximate surface area is 122 Å². The van der Waals surface area contributed by atoms with Gasteiger partial charge in [-0.2, -0.15) is 13.2 Å². The smallest absolute Gasteiger partial charge is 0.317 e. The fraction of sp³-hybridized carbons (Fsp3) is 0.154. The summed E-state index contributed by atoms with van der Waals surface area (Å²) in [5.74, 6) is 0. The van der Waals surface area contributed by atoms with Crippen LogP contribution in [0.2, 0.25) is 5.02 Å². The molecular weight excluding hydrogens is 311 g/mol. The van der Waals surface area contributed by atoms with Gasteiger partial charge < -0.3 is 4.57 Å². The highest BCUT2D eigenvalue weighted by molar-refractivity contribution is 7.99. The van der Waals surface area contributed by atoms with Gasteiger partial charge in [0.2, 0.25) is 0 Å². The Bertz CT molecular complexity index is 679. The number of hydrogen-bond donors (Lipinski definition) is 0. The van der Waals surface area contributed by atoms with E-state index in [1.165, 1.54) is 7.05 Å². The zero-order valence-corrected chi connectivity index (χ0v) is 11.8. The third kappa shape index (κ3) is 3.37. The molecule has 1 aromatic carbocycles. The standard InChI is InChI=1S/C13H9ClF3NOS/c1-18-7-8(13(15,16)17)6-11(12(18)19)20-10-4-2-9(14)3-5-10/h2-7H,1H3. The van der Waals surface area contributed by atoms with Crippen LogP contribution >= 0.6 is 23.4 Å². The zero-order chi connectivity index (χ0) is 14.9. The van der Waals surface area contributed by atoms with Crippen molar-refractivity contribution in [2.24, 2.45) is 7.05 Å². The number of nitrogens with zero attached hydrogens (tertiary/aromatic N) is 1. The minimum Gasteiger partial charge on any atom is -0.317 e. The molecule has 106 valence electrons. The van der Waals surface area contributed by atoms with E-state index in [4.69, 9.17) is 11.6 Å². The number of benzene rings is 1. The molecule has 0 aliphatic rings. The lowest BCUT2D eigenvalue weighted by Crippen LogP contribution is -2.21. The molecule has 0 bridgehead atoms. The van der Waals surface area contributed by atoms with E-state index >= 15 is 0 Å². The van der Waals surface area contributed by atoms with E-state index in [9.17, 15) is 18.0 Å². The van der Waals surface area contributed by atoms with Crippen molar-refractivity contribution in [3.8, 4) is 0 Å². The minimum atomic E-state index is -4.49. The van der Waals surface area contributed by atoms with Crippen LogP contribution in [0.25, 0.3) is 0 Å². The molecule has 0 atom stereocenters. The lowest BCUT2D eigenvalue weighted by molar-refractivity contribution is -0.138. The van der Waals surface area contributed by atoms with E-state index < -0.39 is 17.3 Å². The molecule has 0 fully saturated rings. The second kappa shape index (κ2) is 5.54. The Balaban J connectivity index is 2.43. The van der Waals surface area contributed by atoms with Crippen molar-refractivity contribution in [2.75, 3.05) is 0 Å². The maximum absolute atomic E-state index is 12.7. The fourth-order valence-corrected chi connectivity index (χ4v) is 2.61. The predicted molar refractivity (Wildman–Crippen MR) is 72.3 cm³/mol. The Morgan fingerprint density at radius 3 is 2.35 bits per heavy atom. The van der Waals surface area contributed by atoms with Gasteiger partial charge in [-0.3, -0.25) is 4.79 Å². The van der Waals surface area contributed by atoms with Gasteiger partial charge >= 0.3 is 6.18 Å². The van der Waals surface area contributed by atoms with Crippen molar-refractivity contribution in [1.29, 1.82) is 0 Å². The van der Waals surface area contributed by atoms with Crippen LogP contribution in [-0.2, 0) is 13.2 Å². The summed E-state index contributed by atoms with van der Waals surface area (Å²) in [5.41, 5.74) is -1.32. The molecule has 1 aromatic heterocycles. The number of halogens is 4. The second-order valence-electron chi connectivity index (χ2n) is 4.06. The summed E-state index contributed by atoms with van der Waals surface area (Å²) < 4.78 is 39.1. The first-order valence-corrected chi connectivity index (χ1v) is 6.68. The topological polar surface area (TPSA) is 22.0 Å². The van der Waals surface area contributed by atoms with E-state index in [0.717, 1.165) is 28.6 Å².